The Balaban J connectivity index is 2.10. The fourth-order valence-corrected chi connectivity index (χ4v) is 2.98. The van der Waals surface area contributed by atoms with Crippen molar-refractivity contribution in [3.63, 3.8) is 0 Å². The van der Waals surface area contributed by atoms with Crippen molar-refractivity contribution in [3.8, 4) is 0 Å². The Morgan fingerprint density at radius 1 is 1.18 bits per heavy atom. The predicted molar refractivity (Wildman–Crippen MR) is 66.8 cm³/mol. The van der Waals surface area contributed by atoms with E-state index in [9.17, 15) is 0 Å². The first kappa shape index (κ1) is 12.9. The lowest BCUT2D eigenvalue weighted by atomic mass is 9.86. The highest BCUT2D eigenvalue weighted by molar-refractivity contribution is 5.17. The maximum atomic E-state index is 5.82. The molecule has 0 aromatic rings. The SMILES string of the molecule is COC[C@@H]1C2=CO[C@@H]1CCCCCC[C@H]2OC. The Labute approximate surface area is 104 Å². The maximum Gasteiger partial charge on any atom is 0.107 e. The van der Waals surface area contributed by atoms with E-state index >= 15 is 0 Å². The molecule has 0 aromatic heterocycles. The summed E-state index contributed by atoms with van der Waals surface area (Å²) in [5.74, 6) is 0.392. The summed E-state index contributed by atoms with van der Waals surface area (Å²) in [6.07, 6.45) is 9.86. The van der Waals surface area contributed by atoms with Crippen LogP contribution in [-0.2, 0) is 14.2 Å². The molecule has 2 bridgehead atoms. The molecule has 1 aliphatic carbocycles. The fraction of sp³-hybridized carbons (Fsp3) is 0.857. The molecule has 2 rings (SSSR count). The van der Waals surface area contributed by atoms with Gasteiger partial charge in [-0.15, -0.1) is 0 Å². The Morgan fingerprint density at radius 3 is 2.65 bits per heavy atom. The third-order valence-electron chi connectivity index (χ3n) is 3.96. The molecular formula is C14H24O3. The number of rotatable bonds is 3. The Morgan fingerprint density at radius 2 is 1.94 bits per heavy atom. The van der Waals surface area contributed by atoms with E-state index in [0.717, 1.165) is 19.4 Å². The van der Waals surface area contributed by atoms with Gasteiger partial charge in [-0.25, -0.2) is 0 Å². The Kier molecular flexibility index (Phi) is 4.86. The normalized spacial score (nSPS) is 34.0. The summed E-state index contributed by atoms with van der Waals surface area (Å²) < 4.78 is 16.8. The topological polar surface area (TPSA) is 27.7 Å². The van der Waals surface area contributed by atoms with E-state index in [0.29, 0.717) is 12.0 Å². The van der Waals surface area contributed by atoms with Gasteiger partial charge in [0.05, 0.1) is 19.0 Å². The van der Waals surface area contributed by atoms with Crippen LogP contribution in [0.25, 0.3) is 0 Å². The van der Waals surface area contributed by atoms with Gasteiger partial charge in [0.2, 0.25) is 0 Å². The number of hydrogen-bond donors (Lipinski definition) is 0. The average Bonchev–Trinajstić information content (AvgIpc) is 2.71. The van der Waals surface area contributed by atoms with Crippen LogP contribution in [0, 0.1) is 5.92 Å². The summed E-state index contributed by atoms with van der Waals surface area (Å²) in [6.45, 7) is 0.746. The molecule has 0 aromatic carbocycles. The zero-order chi connectivity index (χ0) is 12.1. The molecule has 0 saturated heterocycles. The van der Waals surface area contributed by atoms with E-state index in [1.54, 1.807) is 14.2 Å². The first-order valence-corrected chi connectivity index (χ1v) is 6.74. The van der Waals surface area contributed by atoms with Crippen molar-refractivity contribution in [2.75, 3.05) is 20.8 Å². The number of methoxy groups -OCH3 is 2. The minimum atomic E-state index is 0.221. The summed E-state index contributed by atoms with van der Waals surface area (Å²) in [5.41, 5.74) is 1.31. The van der Waals surface area contributed by atoms with E-state index in [1.807, 2.05) is 6.26 Å². The molecule has 3 heteroatoms. The zero-order valence-electron chi connectivity index (χ0n) is 11.0. The molecule has 0 radical (unpaired) electrons. The average molecular weight is 240 g/mol. The smallest absolute Gasteiger partial charge is 0.107 e. The highest BCUT2D eigenvalue weighted by atomic mass is 16.5. The van der Waals surface area contributed by atoms with Gasteiger partial charge in [0, 0.05) is 25.7 Å². The van der Waals surface area contributed by atoms with E-state index in [2.05, 4.69) is 0 Å². The molecule has 17 heavy (non-hydrogen) atoms. The summed E-state index contributed by atoms with van der Waals surface area (Å²) in [6, 6.07) is 0. The van der Waals surface area contributed by atoms with Crippen LogP contribution in [0.4, 0.5) is 0 Å². The van der Waals surface area contributed by atoms with Gasteiger partial charge in [-0.3, -0.25) is 0 Å². The molecular weight excluding hydrogens is 216 g/mol. The van der Waals surface area contributed by atoms with Crippen LogP contribution in [0.15, 0.2) is 11.8 Å². The van der Waals surface area contributed by atoms with E-state index in [4.69, 9.17) is 14.2 Å². The zero-order valence-corrected chi connectivity index (χ0v) is 11.0. The second-order valence-electron chi connectivity index (χ2n) is 5.07. The molecule has 1 fully saturated rings. The molecule has 98 valence electrons. The van der Waals surface area contributed by atoms with Gasteiger partial charge >= 0.3 is 0 Å². The second kappa shape index (κ2) is 6.41. The third-order valence-corrected chi connectivity index (χ3v) is 3.96. The van der Waals surface area contributed by atoms with E-state index in [-0.39, 0.29) is 6.10 Å². The van der Waals surface area contributed by atoms with Crippen molar-refractivity contribution in [1.82, 2.24) is 0 Å². The van der Waals surface area contributed by atoms with Crippen LogP contribution in [-0.4, -0.2) is 33.0 Å². The molecule has 1 aliphatic heterocycles. The minimum Gasteiger partial charge on any atom is -0.497 e. The van der Waals surface area contributed by atoms with Gasteiger partial charge < -0.3 is 14.2 Å². The van der Waals surface area contributed by atoms with Crippen molar-refractivity contribution in [3.05, 3.63) is 11.8 Å². The van der Waals surface area contributed by atoms with Crippen LogP contribution in [0.2, 0.25) is 0 Å². The summed E-state index contributed by atoms with van der Waals surface area (Å²) >= 11 is 0. The molecule has 2 aliphatic rings. The summed E-state index contributed by atoms with van der Waals surface area (Å²) in [7, 11) is 3.56. The van der Waals surface area contributed by atoms with Gasteiger partial charge in [0.25, 0.3) is 0 Å². The van der Waals surface area contributed by atoms with Crippen LogP contribution in [0.3, 0.4) is 0 Å². The first-order chi connectivity index (χ1) is 8.36. The lowest BCUT2D eigenvalue weighted by molar-refractivity contribution is 0.0562. The van der Waals surface area contributed by atoms with Crippen molar-refractivity contribution in [2.24, 2.45) is 5.92 Å². The lowest BCUT2D eigenvalue weighted by Gasteiger charge is -2.26. The van der Waals surface area contributed by atoms with E-state index in [1.165, 1.54) is 31.3 Å². The minimum absolute atomic E-state index is 0.221. The molecule has 3 atom stereocenters. The molecule has 0 N–H and O–H groups in total. The molecule has 1 saturated carbocycles. The van der Waals surface area contributed by atoms with Gasteiger partial charge in [-0.1, -0.05) is 19.3 Å². The quantitative estimate of drug-likeness (QED) is 0.759. The van der Waals surface area contributed by atoms with Crippen LogP contribution < -0.4 is 0 Å². The summed E-state index contributed by atoms with van der Waals surface area (Å²) in [5, 5.41) is 0. The highest BCUT2D eigenvalue weighted by Gasteiger charge is 2.35. The van der Waals surface area contributed by atoms with Crippen LogP contribution >= 0.6 is 0 Å². The fourth-order valence-electron chi connectivity index (χ4n) is 2.98. The summed E-state index contributed by atoms with van der Waals surface area (Å²) in [4.78, 5) is 0. The molecule has 0 unspecified atom stereocenters. The molecule has 0 amide bonds. The lowest BCUT2D eigenvalue weighted by Crippen LogP contribution is -2.29. The molecule has 1 heterocycles. The van der Waals surface area contributed by atoms with Gasteiger partial charge in [-0.2, -0.15) is 0 Å². The van der Waals surface area contributed by atoms with Crippen LogP contribution in [0.1, 0.15) is 38.5 Å². The van der Waals surface area contributed by atoms with Gasteiger partial charge in [0.1, 0.15) is 6.10 Å². The van der Waals surface area contributed by atoms with Gasteiger partial charge in [-0.05, 0) is 19.3 Å². The maximum absolute atomic E-state index is 5.82. The predicted octanol–water partition coefficient (Wildman–Crippen LogP) is 2.90. The highest BCUT2D eigenvalue weighted by Crippen LogP contribution is 2.35. The van der Waals surface area contributed by atoms with Crippen molar-refractivity contribution >= 4 is 0 Å². The number of ether oxygens (including phenoxy) is 3. The first-order valence-electron chi connectivity index (χ1n) is 6.74. The third kappa shape index (κ3) is 3.02. The molecule has 0 spiro atoms. The standard InChI is InChI=1S/C14H24O3/c1-15-9-11-12-10-17-14(11)8-6-4-3-5-7-13(12)16-2/h10-11,13-14H,3-9H2,1-2H3/t11-,13-,14-/m1/s1. The van der Waals surface area contributed by atoms with Crippen molar-refractivity contribution in [1.29, 1.82) is 0 Å². The molecule has 3 nitrogen and oxygen atoms in total. The monoisotopic (exact) mass is 240 g/mol. The van der Waals surface area contributed by atoms with E-state index < -0.39 is 0 Å². The second-order valence-corrected chi connectivity index (χ2v) is 5.07. The number of fused-ring (bicyclic) bond motifs is 2. The van der Waals surface area contributed by atoms with Crippen molar-refractivity contribution < 1.29 is 14.2 Å². The number of hydrogen-bond acceptors (Lipinski definition) is 3. The Hall–Kier alpha value is -0.540. The van der Waals surface area contributed by atoms with Crippen LogP contribution in [0.5, 0.6) is 0 Å². The van der Waals surface area contributed by atoms with Crippen molar-refractivity contribution in [2.45, 2.75) is 50.7 Å². The van der Waals surface area contributed by atoms with Gasteiger partial charge in [0.15, 0.2) is 0 Å². The largest absolute Gasteiger partial charge is 0.497 e. The Bertz CT molecular complexity index is 262.